The summed E-state index contributed by atoms with van der Waals surface area (Å²) < 4.78 is 8.64. The molecule has 2 aromatic heterocycles. The van der Waals surface area contributed by atoms with E-state index in [4.69, 9.17) is 21.3 Å². The van der Waals surface area contributed by atoms with Crippen LogP contribution in [-0.4, -0.2) is 75.3 Å². The van der Waals surface area contributed by atoms with Crippen LogP contribution in [-0.2, 0) is 9.53 Å². The van der Waals surface area contributed by atoms with Crippen LogP contribution in [0.3, 0.4) is 0 Å². The fourth-order valence-corrected chi connectivity index (χ4v) is 5.45. The fourth-order valence-electron chi connectivity index (χ4n) is 4.19. The van der Waals surface area contributed by atoms with E-state index in [0.29, 0.717) is 33.5 Å². The Hall–Kier alpha value is -2.40. The van der Waals surface area contributed by atoms with Gasteiger partial charge in [-0.3, -0.25) is 19.1 Å². The van der Waals surface area contributed by atoms with Gasteiger partial charge in [0.15, 0.2) is 10.8 Å². The van der Waals surface area contributed by atoms with Gasteiger partial charge in [0.2, 0.25) is 5.91 Å². The number of morpholine rings is 1. The van der Waals surface area contributed by atoms with Crippen molar-refractivity contribution < 1.29 is 9.53 Å². The quantitative estimate of drug-likeness (QED) is 0.402. The van der Waals surface area contributed by atoms with Gasteiger partial charge in [-0.25, -0.2) is 9.67 Å². The van der Waals surface area contributed by atoms with Crippen molar-refractivity contribution in [3.8, 4) is 5.69 Å². The Labute approximate surface area is 200 Å². The number of amides is 1. The first-order chi connectivity index (χ1) is 16.1. The van der Waals surface area contributed by atoms with E-state index >= 15 is 0 Å². The number of ether oxygens (including phenoxy) is 1. The van der Waals surface area contributed by atoms with E-state index in [9.17, 15) is 9.59 Å². The number of aromatic nitrogens is 4. The zero-order valence-electron chi connectivity index (χ0n) is 18.1. The highest BCUT2D eigenvalue weighted by Gasteiger charge is 2.29. The van der Waals surface area contributed by atoms with Crippen molar-refractivity contribution >= 4 is 40.3 Å². The van der Waals surface area contributed by atoms with Crippen molar-refractivity contribution in [2.45, 2.75) is 24.0 Å². The molecule has 1 N–H and O–H groups in total. The first-order valence-corrected chi connectivity index (χ1v) is 12.4. The number of fused-ring (bicyclic) bond motifs is 2. The summed E-state index contributed by atoms with van der Waals surface area (Å²) in [7, 11) is 0. The Kier molecular flexibility index (Phi) is 6.68. The molecule has 11 heteroatoms. The van der Waals surface area contributed by atoms with Crippen LogP contribution in [0.15, 0.2) is 40.4 Å². The molecule has 1 aromatic carbocycles. The molecule has 174 valence electrons. The Bertz CT molecular complexity index is 1210. The Balaban J connectivity index is 1.25. The molecule has 0 aliphatic carbocycles. The number of hydrogen-bond acceptors (Lipinski definition) is 7. The number of thioether (sulfide) groups is 1. The van der Waals surface area contributed by atoms with Crippen LogP contribution >= 0.6 is 23.4 Å². The van der Waals surface area contributed by atoms with Crippen LogP contribution in [0, 0.1) is 0 Å². The molecule has 1 unspecified atom stereocenters. The summed E-state index contributed by atoms with van der Waals surface area (Å²) in [5, 5.41) is 9.05. The maximum absolute atomic E-state index is 13.2. The van der Waals surface area contributed by atoms with E-state index in [1.807, 2.05) is 12.1 Å². The first kappa shape index (κ1) is 22.4. The molecule has 9 nitrogen and oxygen atoms in total. The van der Waals surface area contributed by atoms with Crippen LogP contribution in [0.1, 0.15) is 18.9 Å². The van der Waals surface area contributed by atoms with Crippen molar-refractivity contribution in [1.82, 2.24) is 29.5 Å². The van der Waals surface area contributed by atoms with Crippen molar-refractivity contribution in [2.24, 2.45) is 0 Å². The average molecular weight is 489 g/mol. The Morgan fingerprint density at radius 3 is 2.82 bits per heavy atom. The summed E-state index contributed by atoms with van der Waals surface area (Å²) in [6, 6.07) is 7.00. The molecule has 0 spiro atoms. The lowest BCUT2D eigenvalue weighted by Crippen LogP contribution is -2.38. The summed E-state index contributed by atoms with van der Waals surface area (Å²) in [4.78, 5) is 32.8. The van der Waals surface area contributed by atoms with E-state index in [0.717, 1.165) is 45.0 Å². The zero-order chi connectivity index (χ0) is 22.8. The number of nitrogens with one attached hydrogen (secondary N) is 1. The molecule has 2 aliphatic rings. The third-order valence-electron chi connectivity index (χ3n) is 5.94. The van der Waals surface area contributed by atoms with Gasteiger partial charge in [0.05, 0.1) is 31.1 Å². The molecule has 1 amide bonds. The third-order valence-corrected chi connectivity index (χ3v) is 7.29. The number of rotatable bonds is 7. The van der Waals surface area contributed by atoms with E-state index in [1.165, 1.54) is 18.0 Å². The lowest BCUT2D eigenvalue weighted by molar-refractivity contribution is -0.121. The number of carbonyl (C=O) groups excluding carboxylic acids is 1. The van der Waals surface area contributed by atoms with Crippen LogP contribution in [0.5, 0.6) is 0 Å². The number of carbonyl (C=O) groups is 1. The Morgan fingerprint density at radius 1 is 1.24 bits per heavy atom. The zero-order valence-corrected chi connectivity index (χ0v) is 19.6. The molecule has 5 rings (SSSR count). The van der Waals surface area contributed by atoms with Crippen molar-refractivity contribution in [3.05, 3.63) is 45.8 Å². The van der Waals surface area contributed by atoms with E-state index < -0.39 is 0 Å². The number of nitrogens with zero attached hydrogens (tertiary/aromatic N) is 5. The maximum Gasteiger partial charge on any atom is 0.265 e. The minimum Gasteiger partial charge on any atom is -0.379 e. The van der Waals surface area contributed by atoms with Gasteiger partial charge < -0.3 is 10.1 Å². The standard InChI is InChI=1S/C22H25ClN6O3S/c23-15-2-4-16(5-3-15)29-20-18(13-25-29)21(31)28-17(14-33-22(28)26-20)12-19(30)24-6-1-7-27-8-10-32-11-9-27/h2-5,13,17H,1,6-12,14H2,(H,24,30). The second-order valence-electron chi connectivity index (χ2n) is 8.17. The minimum atomic E-state index is -0.215. The lowest BCUT2D eigenvalue weighted by atomic mass is 10.2. The highest BCUT2D eigenvalue weighted by molar-refractivity contribution is 7.99. The first-order valence-electron chi connectivity index (χ1n) is 11.1. The van der Waals surface area contributed by atoms with Gasteiger partial charge in [0.25, 0.3) is 5.56 Å². The summed E-state index contributed by atoms with van der Waals surface area (Å²) in [6.07, 6.45) is 2.70. The number of hydrogen-bond donors (Lipinski definition) is 1. The molecule has 33 heavy (non-hydrogen) atoms. The molecule has 1 atom stereocenters. The van der Waals surface area contributed by atoms with Gasteiger partial charge in [0.1, 0.15) is 5.39 Å². The SMILES string of the molecule is O=C(CC1CSc2nc3c(cnn3-c3ccc(Cl)cc3)c(=O)n21)NCCCN1CCOCC1. The molecular formula is C22H25ClN6O3S. The molecule has 1 fully saturated rings. The highest BCUT2D eigenvalue weighted by Crippen LogP contribution is 2.33. The fraction of sp³-hybridized carbons (Fsp3) is 0.455. The van der Waals surface area contributed by atoms with Crippen LogP contribution in [0.25, 0.3) is 16.7 Å². The minimum absolute atomic E-state index is 0.0423. The van der Waals surface area contributed by atoms with Crippen molar-refractivity contribution in [3.63, 3.8) is 0 Å². The second-order valence-corrected chi connectivity index (χ2v) is 9.59. The smallest absolute Gasteiger partial charge is 0.265 e. The lowest BCUT2D eigenvalue weighted by Gasteiger charge is -2.26. The molecule has 2 aliphatic heterocycles. The van der Waals surface area contributed by atoms with Gasteiger partial charge in [-0.15, -0.1) is 0 Å². The molecule has 0 saturated carbocycles. The van der Waals surface area contributed by atoms with Gasteiger partial charge in [-0.2, -0.15) is 5.10 Å². The van der Waals surface area contributed by atoms with Gasteiger partial charge in [-0.05, 0) is 37.2 Å². The molecule has 3 aromatic rings. The molecule has 0 radical (unpaired) electrons. The normalized spacial score (nSPS) is 18.5. The maximum atomic E-state index is 13.2. The number of benzene rings is 1. The predicted octanol–water partition coefficient (Wildman–Crippen LogP) is 2.11. The molecule has 4 heterocycles. The van der Waals surface area contributed by atoms with Gasteiger partial charge in [0, 0.05) is 36.8 Å². The average Bonchev–Trinajstić information content (AvgIpc) is 3.43. The molecule has 1 saturated heterocycles. The van der Waals surface area contributed by atoms with Gasteiger partial charge in [-0.1, -0.05) is 23.4 Å². The van der Waals surface area contributed by atoms with E-state index in [-0.39, 0.29) is 23.9 Å². The summed E-state index contributed by atoms with van der Waals surface area (Å²) >= 11 is 7.48. The topological polar surface area (TPSA) is 94.3 Å². The highest BCUT2D eigenvalue weighted by atomic mass is 35.5. The van der Waals surface area contributed by atoms with Crippen LogP contribution in [0.4, 0.5) is 0 Å². The van der Waals surface area contributed by atoms with Crippen LogP contribution < -0.4 is 10.9 Å². The van der Waals surface area contributed by atoms with Gasteiger partial charge >= 0.3 is 0 Å². The molecule has 0 bridgehead atoms. The summed E-state index contributed by atoms with van der Waals surface area (Å²) in [5.41, 5.74) is 1.13. The van der Waals surface area contributed by atoms with Crippen molar-refractivity contribution in [2.75, 3.05) is 45.1 Å². The second kappa shape index (κ2) is 9.84. The van der Waals surface area contributed by atoms with E-state index in [1.54, 1.807) is 21.4 Å². The summed E-state index contributed by atoms with van der Waals surface area (Å²) in [6.45, 7) is 5.03. The number of halogens is 1. The third kappa shape index (κ3) is 4.79. The van der Waals surface area contributed by atoms with Crippen molar-refractivity contribution in [1.29, 1.82) is 0 Å². The molecular weight excluding hydrogens is 464 g/mol. The Morgan fingerprint density at radius 2 is 2.03 bits per heavy atom. The van der Waals surface area contributed by atoms with E-state index in [2.05, 4.69) is 15.3 Å². The van der Waals surface area contributed by atoms with Crippen LogP contribution in [0.2, 0.25) is 5.02 Å². The predicted molar refractivity (Wildman–Crippen MR) is 127 cm³/mol. The monoisotopic (exact) mass is 488 g/mol. The summed E-state index contributed by atoms with van der Waals surface area (Å²) in [5.74, 6) is 0.601. The largest absolute Gasteiger partial charge is 0.379 e.